The maximum absolute atomic E-state index is 3.63. The third kappa shape index (κ3) is 1.93. The predicted octanol–water partition coefficient (Wildman–Crippen LogP) is 2.93. The third-order valence-corrected chi connectivity index (χ3v) is 3.92. The first-order valence-electron chi connectivity index (χ1n) is 5.93. The molecule has 15 heavy (non-hydrogen) atoms. The molecule has 1 nitrogen and oxygen atoms in total. The Labute approximate surface area is 92.9 Å². The van der Waals surface area contributed by atoms with E-state index in [2.05, 4.69) is 50.4 Å². The highest BCUT2D eigenvalue weighted by molar-refractivity contribution is 5.28. The van der Waals surface area contributed by atoms with Crippen LogP contribution in [0.2, 0.25) is 0 Å². The normalized spacial score (nSPS) is 25.3. The number of aryl methyl sites for hydroxylation is 1. The largest absolute Gasteiger partial charge is 0.311 e. The predicted molar refractivity (Wildman–Crippen MR) is 65.1 cm³/mol. The molecule has 0 bridgehead atoms. The van der Waals surface area contributed by atoms with Gasteiger partial charge in [0.25, 0.3) is 0 Å². The maximum atomic E-state index is 3.63. The molecule has 1 heterocycles. The van der Waals surface area contributed by atoms with Gasteiger partial charge >= 0.3 is 0 Å². The van der Waals surface area contributed by atoms with Gasteiger partial charge in [-0.1, -0.05) is 38.1 Å². The molecular formula is C14H21N. The van der Waals surface area contributed by atoms with Crippen molar-refractivity contribution in [3.05, 3.63) is 35.4 Å². The minimum absolute atomic E-state index is 0.367. The zero-order valence-corrected chi connectivity index (χ0v) is 10.0. The second-order valence-electron chi connectivity index (χ2n) is 5.09. The van der Waals surface area contributed by atoms with Crippen molar-refractivity contribution in [2.45, 2.75) is 39.2 Å². The van der Waals surface area contributed by atoms with Gasteiger partial charge in [0.2, 0.25) is 0 Å². The Balaban J connectivity index is 2.17. The molecule has 1 saturated heterocycles. The van der Waals surface area contributed by atoms with Crippen LogP contribution in [0.15, 0.2) is 24.3 Å². The van der Waals surface area contributed by atoms with Gasteiger partial charge in [0.1, 0.15) is 0 Å². The molecule has 1 aliphatic heterocycles. The molecule has 1 fully saturated rings. The summed E-state index contributed by atoms with van der Waals surface area (Å²) in [5, 5.41) is 3.63. The van der Waals surface area contributed by atoms with Gasteiger partial charge in [-0.05, 0) is 43.4 Å². The summed E-state index contributed by atoms with van der Waals surface area (Å²) in [4.78, 5) is 0. The van der Waals surface area contributed by atoms with Crippen LogP contribution in [0.1, 0.15) is 31.4 Å². The van der Waals surface area contributed by atoms with Crippen LogP contribution in [0.5, 0.6) is 0 Å². The molecule has 1 aromatic rings. The minimum atomic E-state index is 0.367. The highest BCUT2D eigenvalue weighted by Crippen LogP contribution is 2.32. The summed E-state index contributed by atoms with van der Waals surface area (Å²) < 4.78 is 0. The fourth-order valence-corrected chi connectivity index (χ4v) is 2.44. The summed E-state index contributed by atoms with van der Waals surface area (Å²) in [5.41, 5.74) is 3.29. The van der Waals surface area contributed by atoms with E-state index in [9.17, 15) is 0 Å². The Bertz CT molecular complexity index is 337. The van der Waals surface area contributed by atoms with E-state index in [1.54, 1.807) is 0 Å². The third-order valence-electron chi connectivity index (χ3n) is 3.92. The van der Waals surface area contributed by atoms with E-state index in [1.165, 1.54) is 30.5 Å². The molecule has 1 unspecified atom stereocenters. The number of hydrogen-bond donors (Lipinski definition) is 1. The summed E-state index contributed by atoms with van der Waals surface area (Å²) in [5.74, 6) is 0.714. The van der Waals surface area contributed by atoms with E-state index in [4.69, 9.17) is 0 Å². The van der Waals surface area contributed by atoms with E-state index < -0.39 is 0 Å². The van der Waals surface area contributed by atoms with Crippen molar-refractivity contribution in [1.82, 2.24) is 5.32 Å². The molecule has 82 valence electrons. The van der Waals surface area contributed by atoms with Gasteiger partial charge in [0.05, 0.1) is 0 Å². The van der Waals surface area contributed by atoms with Gasteiger partial charge < -0.3 is 5.32 Å². The van der Waals surface area contributed by atoms with Gasteiger partial charge in [-0.2, -0.15) is 0 Å². The minimum Gasteiger partial charge on any atom is -0.311 e. The SMILES string of the molecule is Cc1ccccc1CC1(C(C)C)CCN1. The lowest BCUT2D eigenvalue weighted by Gasteiger charge is -2.47. The molecule has 1 heteroatoms. The summed E-state index contributed by atoms with van der Waals surface area (Å²) in [6, 6.07) is 8.74. The molecular weight excluding hydrogens is 182 g/mol. The van der Waals surface area contributed by atoms with E-state index in [-0.39, 0.29) is 0 Å². The first kappa shape index (κ1) is 10.7. The van der Waals surface area contributed by atoms with Gasteiger partial charge in [0.15, 0.2) is 0 Å². The van der Waals surface area contributed by atoms with Crippen LogP contribution in [-0.2, 0) is 6.42 Å². The number of hydrogen-bond acceptors (Lipinski definition) is 1. The topological polar surface area (TPSA) is 12.0 Å². The lowest BCUT2D eigenvalue weighted by atomic mass is 9.73. The quantitative estimate of drug-likeness (QED) is 0.796. The molecule has 0 aliphatic carbocycles. The van der Waals surface area contributed by atoms with Crippen LogP contribution in [0.3, 0.4) is 0 Å². The lowest BCUT2D eigenvalue weighted by molar-refractivity contribution is 0.139. The average molecular weight is 203 g/mol. The molecule has 1 aliphatic rings. The average Bonchev–Trinajstić information content (AvgIpc) is 2.13. The molecule has 0 spiro atoms. The van der Waals surface area contributed by atoms with Crippen LogP contribution >= 0.6 is 0 Å². The second kappa shape index (κ2) is 3.97. The fourth-order valence-electron chi connectivity index (χ4n) is 2.44. The lowest BCUT2D eigenvalue weighted by Crippen LogP contribution is -2.61. The zero-order valence-electron chi connectivity index (χ0n) is 10.0. The Kier molecular flexibility index (Phi) is 2.83. The number of benzene rings is 1. The summed E-state index contributed by atoms with van der Waals surface area (Å²) in [6.07, 6.45) is 2.50. The molecule has 1 N–H and O–H groups in total. The molecule has 1 atom stereocenters. The van der Waals surface area contributed by atoms with Crippen molar-refractivity contribution in [3.8, 4) is 0 Å². The van der Waals surface area contributed by atoms with Gasteiger partial charge in [-0.15, -0.1) is 0 Å². The van der Waals surface area contributed by atoms with Gasteiger partial charge in [-0.25, -0.2) is 0 Å². The second-order valence-corrected chi connectivity index (χ2v) is 5.09. The zero-order chi connectivity index (χ0) is 10.9. The van der Waals surface area contributed by atoms with Gasteiger partial charge in [0, 0.05) is 5.54 Å². The first-order valence-corrected chi connectivity index (χ1v) is 5.93. The smallest absolute Gasteiger partial charge is 0.0256 e. The van der Waals surface area contributed by atoms with Crippen LogP contribution in [0.4, 0.5) is 0 Å². The van der Waals surface area contributed by atoms with Crippen LogP contribution in [0.25, 0.3) is 0 Å². The van der Waals surface area contributed by atoms with Crippen LogP contribution in [-0.4, -0.2) is 12.1 Å². The molecule has 0 amide bonds. The Hall–Kier alpha value is -0.820. The van der Waals surface area contributed by atoms with Crippen molar-refractivity contribution in [2.24, 2.45) is 5.92 Å². The molecule has 0 radical (unpaired) electrons. The van der Waals surface area contributed by atoms with E-state index in [0.717, 1.165) is 0 Å². The van der Waals surface area contributed by atoms with E-state index in [1.807, 2.05) is 0 Å². The summed E-state index contributed by atoms with van der Waals surface area (Å²) in [7, 11) is 0. The highest BCUT2D eigenvalue weighted by Gasteiger charge is 2.39. The Morgan fingerprint density at radius 3 is 2.47 bits per heavy atom. The number of rotatable bonds is 3. The Morgan fingerprint density at radius 2 is 2.00 bits per heavy atom. The van der Waals surface area contributed by atoms with Crippen molar-refractivity contribution in [1.29, 1.82) is 0 Å². The van der Waals surface area contributed by atoms with Crippen molar-refractivity contribution in [2.75, 3.05) is 6.54 Å². The molecule has 0 aromatic heterocycles. The molecule has 2 rings (SSSR count). The fraction of sp³-hybridized carbons (Fsp3) is 0.571. The van der Waals surface area contributed by atoms with Gasteiger partial charge in [-0.3, -0.25) is 0 Å². The molecule has 1 aromatic carbocycles. The van der Waals surface area contributed by atoms with Crippen LogP contribution in [0, 0.1) is 12.8 Å². The maximum Gasteiger partial charge on any atom is 0.0256 e. The van der Waals surface area contributed by atoms with Crippen molar-refractivity contribution in [3.63, 3.8) is 0 Å². The van der Waals surface area contributed by atoms with Crippen molar-refractivity contribution >= 4 is 0 Å². The first-order chi connectivity index (χ1) is 7.14. The van der Waals surface area contributed by atoms with Crippen LogP contribution < -0.4 is 5.32 Å². The highest BCUT2D eigenvalue weighted by atomic mass is 15.1. The monoisotopic (exact) mass is 203 g/mol. The summed E-state index contributed by atoms with van der Waals surface area (Å²) in [6.45, 7) is 8.04. The Morgan fingerprint density at radius 1 is 1.33 bits per heavy atom. The standard InChI is InChI=1S/C14H21N/c1-11(2)14(8-9-15-14)10-13-7-5-4-6-12(13)3/h4-7,11,15H,8-10H2,1-3H3. The van der Waals surface area contributed by atoms with Crippen molar-refractivity contribution < 1.29 is 0 Å². The van der Waals surface area contributed by atoms with E-state index in [0.29, 0.717) is 11.5 Å². The number of nitrogens with one attached hydrogen (secondary N) is 1. The van der Waals surface area contributed by atoms with E-state index >= 15 is 0 Å². The molecule has 0 saturated carbocycles. The summed E-state index contributed by atoms with van der Waals surface area (Å²) >= 11 is 0.